The third-order valence-electron chi connectivity index (χ3n) is 5.03. The minimum Gasteiger partial charge on any atom is -0.336 e. The molecule has 1 fully saturated rings. The number of rotatable bonds is 3. The molecule has 0 atom stereocenters. The Morgan fingerprint density at radius 3 is 2.43 bits per heavy atom. The molecule has 0 aliphatic carbocycles. The quantitative estimate of drug-likeness (QED) is 0.681. The van der Waals surface area contributed by atoms with Crippen LogP contribution >= 0.6 is 0 Å². The molecule has 1 aromatic heterocycles. The number of H-pyrrole nitrogens is 1. The summed E-state index contributed by atoms with van der Waals surface area (Å²) in [6.07, 6.45) is -3.03. The summed E-state index contributed by atoms with van der Waals surface area (Å²) < 4.78 is 65.5. The molecule has 0 radical (unpaired) electrons. The number of aromatic nitrogens is 2. The lowest BCUT2D eigenvalue weighted by Gasteiger charge is -2.34. The maximum absolute atomic E-state index is 12.9. The summed E-state index contributed by atoms with van der Waals surface area (Å²) >= 11 is 0. The fraction of sp³-hybridized carbons (Fsp3) is 0.263. The molecule has 4 rings (SSSR count). The summed E-state index contributed by atoms with van der Waals surface area (Å²) in [4.78, 5) is 14.0. The second kappa shape index (κ2) is 7.40. The zero-order valence-corrected chi connectivity index (χ0v) is 16.4. The van der Waals surface area contributed by atoms with Gasteiger partial charge in [0.25, 0.3) is 5.91 Å². The van der Waals surface area contributed by atoms with Crippen molar-refractivity contribution in [1.29, 1.82) is 0 Å². The first-order chi connectivity index (χ1) is 14.2. The minimum atomic E-state index is -4.63. The van der Waals surface area contributed by atoms with E-state index in [1.54, 1.807) is 18.3 Å². The molecule has 7 nitrogen and oxygen atoms in total. The van der Waals surface area contributed by atoms with Crippen molar-refractivity contribution >= 4 is 26.8 Å². The smallest absolute Gasteiger partial charge is 0.336 e. The number of nitrogens with one attached hydrogen (secondary N) is 1. The SMILES string of the molecule is O=C(c1cccc2cn[nH]c12)N1CCN(S(=O)(=O)c2cccc(C(F)(F)F)c2)CC1. The Labute approximate surface area is 170 Å². The lowest BCUT2D eigenvalue weighted by Crippen LogP contribution is -2.50. The van der Waals surface area contributed by atoms with Crippen molar-refractivity contribution < 1.29 is 26.4 Å². The fourth-order valence-electron chi connectivity index (χ4n) is 3.43. The number of piperazine rings is 1. The first kappa shape index (κ1) is 20.4. The number of nitrogens with zero attached hydrogens (tertiary/aromatic N) is 3. The third-order valence-corrected chi connectivity index (χ3v) is 6.93. The van der Waals surface area contributed by atoms with Gasteiger partial charge in [-0.1, -0.05) is 18.2 Å². The lowest BCUT2D eigenvalue weighted by molar-refractivity contribution is -0.137. The van der Waals surface area contributed by atoms with E-state index in [9.17, 15) is 26.4 Å². The molecule has 1 aliphatic heterocycles. The highest BCUT2D eigenvalue weighted by molar-refractivity contribution is 7.89. The molecule has 11 heteroatoms. The van der Waals surface area contributed by atoms with Crippen molar-refractivity contribution in [2.45, 2.75) is 11.1 Å². The van der Waals surface area contributed by atoms with E-state index < -0.39 is 26.7 Å². The molecule has 158 valence electrons. The van der Waals surface area contributed by atoms with Crippen molar-refractivity contribution in [1.82, 2.24) is 19.4 Å². The van der Waals surface area contributed by atoms with Crippen LogP contribution in [0.2, 0.25) is 0 Å². The highest BCUT2D eigenvalue weighted by Crippen LogP contribution is 2.31. The number of sulfonamides is 1. The Morgan fingerprint density at radius 2 is 1.73 bits per heavy atom. The zero-order valence-electron chi connectivity index (χ0n) is 15.6. The van der Waals surface area contributed by atoms with Gasteiger partial charge in [0.05, 0.1) is 27.7 Å². The van der Waals surface area contributed by atoms with Gasteiger partial charge in [0, 0.05) is 31.6 Å². The van der Waals surface area contributed by atoms with Crippen LogP contribution in [0.4, 0.5) is 13.2 Å². The van der Waals surface area contributed by atoms with Crippen LogP contribution in [0, 0.1) is 0 Å². The molecule has 0 unspecified atom stereocenters. The van der Waals surface area contributed by atoms with Crippen LogP contribution in [0.5, 0.6) is 0 Å². The second-order valence-electron chi connectivity index (χ2n) is 6.86. The molecular formula is C19H17F3N4O3S. The highest BCUT2D eigenvalue weighted by atomic mass is 32.2. The number of para-hydroxylation sites is 1. The van der Waals surface area contributed by atoms with Gasteiger partial charge in [-0.15, -0.1) is 0 Å². The number of benzene rings is 2. The van der Waals surface area contributed by atoms with Gasteiger partial charge in [0.15, 0.2) is 0 Å². The summed E-state index contributed by atoms with van der Waals surface area (Å²) in [5.41, 5.74) is 0.00532. The van der Waals surface area contributed by atoms with Gasteiger partial charge < -0.3 is 4.90 Å². The Morgan fingerprint density at radius 1 is 1.03 bits per heavy atom. The van der Waals surface area contributed by atoms with E-state index in [4.69, 9.17) is 0 Å². The van der Waals surface area contributed by atoms with Gasteiger partial charge in [-0.2, -0.15) is 22.6 Å². The molecular weight excluding hydrogens is 421 g/mol. The van der Waals surface area contributed by atoms with Gasteiger partial charge in [-0.25, -0.2) is 8.42 Å². The molecule has 1 amide bonds. The first-order valence-electron chi connectivity index (χ1n) is 9.07. The Hall–Kier alpha value is -2.92. The average molecular weight is 438 g/mol. The largest absolute Gasteiger partial charge is 0.416 e. The van der Waals surface area contributed by atoms with Crippen LogP contribution in [0.3, 0.4) is 0 Å². The second-order valence-corrected chi connectivity index (χ2v) is 8.80. The highest BCUT2D eigenvalue weighted by Gasteiger charge is 2.34. The molecule has 1 saturated heterocycles. The van der Waals surface area contributed by atoms with Crippen molar-refractivity contribution in [2.75, 3.05) is 26.2 Å². The van der Waals surface area contributed by atoms with E-state index >= 15 is 0 Å². The van der Waals surface area contributed by atoms with Crippen LogP contribution in [-0.4, -0.2) is 59.9 Å². The van der Waals surface area contributed by atoms with Crippen molar-refractivity contribution in [3.8, 4) is 0 Å². The zero-order chi connectivity index (χ0) is 21.5. The number of halogens is 3. The monoisotopic (exact) mass is 438 g/mol. The van der Waals surface area contributed by atoms with Crippen molar-refractivity contribution in [3.05, 3.63) is 59.8 Å². The molecule has 30 heavy (non-hydrogen) atoms. The number of hydrogen-bond donors (Lipinski definition) is 1. The predicted molar refractivity (Wildman–Crippen MR) is 102 cm³/mol. The molecule has 3 aromatic rings. The molecule has 0 spiro atoms. The standard InChI is InChI=1S/C19H17F3N4O3S/c20-19(21,22)14-4-2-5-15(11-14)30(28,29)26-9-7-25(8-10-26)18(27)16-6-1-3-13-12-23-24-17(13)16/h1-6,11-12H,7-10H2,(H,23,24). The van der Waals surface area contributed by atoms with E-state index in [0.29, 0.717) is 17.1 Å². The van der Waals surface area contributed by atoms with Gasteiger partial charge in [0.1, 0.15) is 0 Å². The molecule has 2 heterocycles. The first-order valence-corrected chi connectivity index (χ1v) is 10.5. The van der Waals surface area contributed by atoms with Crippen LogP contribution < -0.4 is 0 Å². The van der Waals surface area contributed by atoms with E-state index in [2.05, 4.69) is 10.2 Å². The Balaban J connectivity index is 1.50. The van der Waals surface area contributed by atoms with Crippen LogP contribution in [0.15, 0.2) is 53.6 Å². The van der Waals surface area contributed by atoms with E-state index in [0.717, 1.165) is 27.9 Å². The van der Waals surface area contributed by atoms with E-state index in [1.807, 2.05) is 6.07 Å². The van der Waals surface area contributed by atoms with E-state index in [-0.39, 0.29) is 32.1 Å². The number of amides is 1. The van der Waals surface area contributed by atoms with Crippen molar-refractivity contribution in [2.24, 2.45) is 0 Å². The summed E-state index contributed by atoms with van der Waals surface area (Å²) in [7, 11) is -4.11. The number of carbonyl (C=O) groups is 1. The molecule has 0 bridgehead atoms. The summed E-state index contributed by atoms with van der Waals surface area (Å²) in [6.45, 7) is 0.232. The average Bonchev–Trinajstić information content (AvgIpc) is 3.22. The number of aromatic amines is 1. The number of carbonyl (C=O) groups excluding carboxylic acids is 1. The third kappa shape index (κ3) is 3.65. The van der Waals surface area contributed by atoms with Crippen LogP contribution in [0.1, 0.15) is 15.9 Å². The van der Waals surface area contributed by atoms with E-state index in [1.165, 1.54) is 4.90 Å². The summed E-state index contributed by atoms with van der Waals surface area (Å²) in [5, 5.41) is 7.50. The minimum absolute atomic E-state index is 0.0106. The Kier molecular flexibility index (Phi) is 5.02. The van der Waals surface area contributed by atoms with Gasteiger partial charge in [0.2, 0.25) is 10.0 Å². The van der Waals surface area contributed by atoms with Gasteiger partial charge in [-0.3, -0.25) is 9.89 Å². The van der Waals surface area contributed by atoms with Crippen LogP contribution in [0.25, 0.3) is 10.9 Å². The Bertz CT molecular complexity index is 1200. The molecule has 1 aliphatic rings. The molecule has 2 aromatic carbocycles. The number of fused-ring (bicyclic) bond motifs is 1. The lowest BCUT2D eigenvalue weighted by atomic mass is 10.1. The van der Waals surface area contributed by atoms with Crippen LogP contribution in [-0.2, 0) is 16.2 Å². The fourth-order valence-corrected chi connectivity index (χ4v) is 4.90. The summed E-state index contributed by atoms with van der Waals surface area (Å²) in [5.74, 6) is -0.263. The normalized spacial score (nSPS) is 16.2. The summed E-state index contributed by atoms with van der Waals surface area (Å²) in [6, 6.07) is 8.88. The van der Waals surface area contributed by atoms with Gasteiger partial charge >= 0.3 is 6.18 Å². The topological polar surface area (TPSA) is 86.4 Å². The van der Waals surface area contributed by atoms with Crippen molar-refractivity contribution in [3.63, 3.8) is 0 Å². The van der Waals surface area contributed by atoms with Gasteiger partial charge in [-0.05, 0) is 24.3 Å². The predicted octanol–water partition coefficient (Wildman–Crippen LogP) is 2.73. The maximum atomic E-state index is 12.9. The number of hydrogen-bond acceptors (Lipinski definition) is 4. The number of alkyl halides is 3. The molecule has 1 N–H and O–H groups in total. The maximum Gasteiger partial charge on any atom is 0.416 e. The molecule has 0 saturated carbocycles.